The van der Waals surface area contributed by atoms with Gasteiger partial charge < -0.3 is 9.30 Å². The minimum absolute atomic E-state index is 0.392. The number of aldehydes is 1. The molecule has 1 aromatic carbocycles. The third-order valence-electron chi connectivity index (χ3n) is 6.17. The van der Waals surface area contributed by atoms with Crippen molar-refractivity contribution in [2.24, 2.45) is 7.05 Å². The first-order valence-corrected chi connectivity index (χ1v) is 12.6. The van der Waals surface area contributed by atoms with E-state index in [2.05, 4.69) is 30.9 Å². The maximum absolute atomic E-state index is 11.0. The summed E-state index contributed by atoms with van der Waals surface area (Å²) in [6.45, 7) is 2.89. The van der Waals surface area contributed by atoms with Crippen LogP contribution in [0.5, 0.6) is 5.88 Å². The highest BCUT2D eigenvalue weighted by molar-refractivity contribution is 7.27. The van der Waals surface area contributed by atoms with Gasteiger partial charge in [-0.15, -0.1) is 20.6 Å². The summed E-state index contributed by atoms with van der Waals surface area (Å²) in [5.41, 5.74) is 4.80. The Morgan fingerprint density at radius 2 is 2.14 bits per heavy atom. The van der Waals surface area contributed by atoms with Gasteiger partial charge in [0.05, 0.1) is 34.3 Å². The zero-order chi connectivity index (χ0) is 24.4. The minimum atomic E-state index is 0.392. The van der Waals surface area contributed by atoms with Crippen molar-refractivity contribution in [3.8, 4) is 11.9 Å². The molecular weight excluding hydrogens is 477 g/mol. The van der Waals surface area contributed by atoms with E-state index in [0.29, 0.717) is 22.9 Å². The van der Waals surface area contributed by atoms with Crippen LogP contribution in [-0.4, -0.2) is 38.8 Å². The number of carbonyl (C=O) groups is 1. The molecule has 35 heavy (non-hydrogen) atoms. The molecule has 4 aromatic rings. The van der Waals surface area contributed by atoms with Crippen molar-refractivity contribution in [1.82, 2.24) is 19.4 Å². The van der Waals surface area contributed by atoms with Crippen molar-refractivity contribution in [1.29, 1.82) is 5.26 Å². The average molecular weight is 502 g/mol. The second-order valence-electron chi connectivity index (χ2n) is 8.43. The lowest BCUT2D eigenvalue weighted by atomic mass is 10.0. The van der Waals surface area contributed by atoms with E-state index in [-0.39, 0.29) is 0 Å². The van der Waals surface area contributed by atoms with Crippen LogP contribution >= 0.6 is 20.6 Å². The Morgan fingerprint density at radius 1 is 1.26 bits per heavy atom. The molecule has 0 amide bonds. The molecule has 7 nitrogen and oxygen atoms in total. The number of pyridine rings is 1. The van der Waals surface area contributed by atoms with Crippen LogP contribution in [0.2, 0.25) is 0 Å². The van der Waals surface area contributed by atoms with Gasteiger partial charge >= 0.3 is 0 Å². The molecule has 0 radical (unpaired) electrons. The molecule has 176 valence electrons. The number of ether oxygens (including phenoxy) is 1. The second kappa shape index (κ2) is 10.1. The first-order chi connectivity index (χ1) is 17.0. The van der Waals surface area contributed by atoms with Crippen molar-refractivity contribution in [2.45, 2.75) is 19.6 Å². The SMILES string of the molecule is Cn1c(CN2CC=C(c3cccc(OCc4ccc(C#N)cc4P)n3)CC2)nc2sc(C=O)cc21. The molecule has 0 spiro atoms. The molecule has 0 bridgehead atoms. The van der Waals surface area contributed by atoms with E-state index < -0.39 is 0 Å². The van der Waals surface area contributed by atoms with Crippen LogP contribution in [0, 0.1) is 11.3 Å². The Morgan fingerprint density at radius 3 is 2.86 bits per heavy atom. The Labute approximate surface area is 209 Å². The van der Waals surface area contributed by atoms with Crippen molar-refractivity contribution < 1.29 is 9.53 Å². The molecule has 1 aliphatic rings. The largest absolute Gasteiger partial charge is 0.473 e. The molecule has 0 saturated carbocycles. The highest BCUT2D eigenvalue weighted by Gasteiger charge is 2.18. The number of nitriles is 1. The molecule has 5 rings (SSSR count). The Hall–Kier alpha value is -3.37. The van der Waals surface area contributed by atoms with Gasteiger partial charge in [-0.25, -0.2) is 9.97 Å². The van der Waals surface area contributed by atoms with Crippen LogP contribution < -0.4 is 10.0 Å². The van der Waals surface area contributed by atoms with Gasteiger partial charge in [0.15, 0.2) is 6.29 Å². The van der Waals surface area contributed by atoms with Crippen LogP contribution in [0.3, 0.4) is 0 Å². The van der Waals surface area contributed by atoms with Crippen molar-refractivity contribution in [3.05, 3.63) is 76.1 Å². The number of hydrogen-bond acceptors (Lipinski definition) is 7. The number of aryl methyl sites for hydroxylation is 1. The smallest absolute Gasteiger partial charge is 0.214 e. The van der Waals surface area contributed by atoms with E-state index in [0.717, 1.165) is 65.1 Å². The fourth-order valence-corrected chi connectivity index (χ4v) is 5.40. The molecule has 0 fully saturated rings. The predicted molar refractivity (Wildman–Crippen MR) is 141 cm³/mol. The van der Waals surface area contributed by atoms with Gasteiger partial charge in [0.25, 0.3) is 0 Å². The predicted octanol–water partition coefficient (Wildman–Crippen LogP) is 4.08. The number of imidazole rings is 1. The van der Waals surface area contributed by atoms with Crippen molar-refractivity contribution in [3.63, 3.8) is 0 Å². The molecule has 1 aliphatic heterocycles. The minimum Gasteiger partial charge on any atom is -0.473 e. The van der Waals surface area contributed by atoms with E-state index in [4.69, 9.17) is 20.0 Å². The first kappa shape index (κ1) is 23.4. The number of rotatable bonds is 7. The van der Waals surface area contributed by atoms with Crippen LogP contribution in [0.25, 0.3) is 15.9 Å². The van der Waals surface area contributed by atoms with Crippen LogP contribution in [0.15, 0.2) is 48.5 Å². The molecule has 3 aromatic heterocycles. The summed E-state index contributed by atoms with van der Waals surface area (Å²) < 4.78 is 8.03. The Bertz CT molecular complexity index is 1480. The highest BCUT2D eigenvalue weighted by Crippen LogP contribution is 2.27. The van der Waals surface area contributed by atoms with Gasteiger partial charge in [0.1, 0.15) is 17.3 Å². The fraction of sp³-hybridized carbons (Fsp3) is 0.231. The number of fused-ring (bicyclic) bond motifs is 1. The van der Waals surface area contributed by atoms with Gasteiger partial charge in [-0.05, 0) is 47.1 Å². The highest BCUT2D eigenvalue weighted by atomic mass is 32.1. The Balaban J connectivity index is 1.22. The third kappa shape index (κ3) is 5.03. The molecule has 0 N–H and O–H groups in total. The van der Waals surface area contributed by atoms with Crippen LogP contribution in [0.4, 0.5) is 0 Å². The molecule has 4 heterocycles. The molecule has 0 saturated heterocycles. The van der Waals surface area contributed by atoms with Gasteiger partial charge in [-0.2, -0.15) is 5.26 Å². The normalized spacial score (nSPS) is 14.0. The van der Waals surface area contributed by atoms with E-state index in [1.165, 1.54) is 16.9 Å². The maximum atomic E-state index is 11.0. The lowest BCUT2D eigenvalue weighted by Crippen LogP contribution is -2.29. The summed E-state index contributed by atoms with van der Waals surface area (Å²) in [6.07, 6.45) is 4.01. The Kier molecular flexibility index (Phi) is 6.74. The number of aromatic nitrogens is 3. The zero-order valence-electron chi connectivity index (χ0n) is 19.3. The summed E-state index contributed by atoms with van der Waals surface area (Å²) >= 11 is 1.43. The van der Waals surface area contributed by atoms with Crippen molar-refractivity contribution >= 4 is 48.1 Å². The molecule has 1 atom stereocenters. The number of thiophene rings is 1. The lowest BCUT2D eigenvalue weighted by molar-refractivity contribution is 0.112. The fourth-order valence-electron chi connectivity index (χ4n) is 4.15. The van der Waals surface area contributed by atoms with E-state index in [9.17, 15) is 4.79 Å². The summed E-state index contributed by atoms with van der Waals surface area (Å²) in [4.78, 5) is 24.5. The van der Waals surface area contributed by atoms with Crippen LogP contribution in [0.1, 0.15) is 38.7 Å². The monoisotopic (exact) mass is 501 g/mol. The summed E-state index contributed by atoms with van der Waals surface area (Å²) in [5.74, 6) is 1.59. The maximum Gasteiger partial charge on any atom is 0.214 e. The van der Waals surface area contributed by atoms with Gasteiger partial charge in [0, 0.05) is 26.2 Å². The van der Waals surface area contributed by atoms with E-state index in [1.54, 1.807) is 6.07 Å². The third-order valence-corrected chi connectivity index (χ3v) is 7.65. The number of hydrogen-bond donors (Lipinski definition) is 0. The topological polar surface area (TPSA) is 84.0 Å². The number of carbonyl (C=O) groups excluding carboxylic acids is 1. The quantitative estimate of drug-likeness (QED) is 0.280. The zero-order valence-corrected chi connectivity index (χ0v) is 21.2. The van der Waals surface area contributed by atoms with E-state index >= 15 is 0 Å². The molecular formula is C26H24N5O2PS. The standard InChI is InChI=1S/C26H24N5O2PS/c1-30-22-12-20(15-32)35-26(22)29-24(30)14-31-9-7-18(8-10-31)21-3-2-4-25(28-21)33-16-19-6-5-17(13-27)11-23(19)34/h2-7,11-12,15H,8-10,14,16,34H2,1H3. The molecule has 1 unspecified atom stereocenters. The summed E-state index contributed by atoms with van der Waals surface area (Å²) in [6, 6.07) is 15.5. The van der Waals surface area contributed by atoms with Crippen LogP contribution in [-0.2, 0) is 20.2 Å². The average Bonchev–Trinajstić information content (AvgIpc) is 3.42. The van der Waals surface area contributed by atoms with E-state index in [1.807, 2.05) is 43.4 Å². The number of nitrogens with zero attached hydrogens (tertiary/aromatic N) is 5. The van der Waals surface area contributed by atoms with Gasteiger partial charge in [-0.1, -0.05) is 18.2 Å². The van der Waals surface area contributed by atoms with Crippen molar-refractivity contribution in [2.75, 3.05) is 13.1 Å². The number of benzene rings is 1. The molecule has 9 heteroatoms. The first-order valence-electron chi connectivity index (χ1n) is 11.2. The summed E-state index contributed by atoms with van der Waals surface area (Å²) in [7, 11) is 4.66. The second-order valence-corrected chi connectivity index (χ2v) is 10.1. The molecule has 0 aliphatic carbocycles. The summed E-state index contributed by atoms with van der Waals surface area (Å²) in [5, 5.41) is 9.98. The van der Waals surface area contributed by atoms with Gasteiger partial charge in [0.2, 0.25) is 5.88 Å². The lowest BCUT2D eigenvalue weighted by Gasteiger charge is -2.25. The van der Waals surface area contributed by atoms with Gasteiger partial charge in [-0.3, -0.25) is 9.69 Å².